The van der Waals surface area contributed by atoms with Gasteiger partial charge in [-0.2, -0.15) is 0 Å². The van der Waals surface area contributed by atoms with Crippen LogP contribution in [0.5, 0.6) is 5.88 Å². The lowest BCUT2D eigenvalue weighted by Crippen LogP contribution is -2.55. The standard InChI is InChI=1S/C19H17F4N5O4/c20-12-2-1-10(27-16(29)13-4-26-15(5-25-13)31-6-14(21)22)3-11(12)19-9-30-7-18(19,23)8-32-17(24)28-19/h1-5,14H,6-9H2,(H2,24,28)(H,27,29). The second-order valence-corrected chi connectivity index (χ2v) is 7.15. The second kappa shape index (κ2) is 8.22. The van der Waals surface area contributed by atoms with Gasteiger partial charge in [0.25, 0.3) is 18.4 Å². The Morgan fingerprint density at radius 1 is 1.25 bits per heavy atom. The molecule has 3 heterocycles. The Morgan fingerprint density at radius 2 is 2.06 bits per heavy atom. The van der Waals surface area contributed by atoms with Crippen LogP contribution >= 0.6 is 0 Å². The topological polar surface area (TPSA) is 121 Å². The molecule has 2 aliphatic rings. The highest BCUT2D eigenvalue weighted by Crippen LogP contribution is 2.48. The number of nitrogens with zero attached hydrogens (tertiary/aromatic N) is 3. The summed E-state index contributed by atoms with van der Waals surface area (Å²) in [6.45, 7) is -1.96. The summed E-state index contributed by atoms with van der Waals surface area (Å²) in [7, 11) is 0. The first-order valence-electron chi connectivity index (χ1n) is 9.32. The van der Waals surface area contributed by atoms with E-state index in [0.717, 1.165) is 18.5 Å². The third-order valence-electron chi connectivity index (χ3n) is 5.02. The van der Waals surface area contributed by atoms with Gasteiger partial charge >= 0.3 is 0 Å². The number of halogens is 4. The van der Waals surface area contributed by atoms with Crippen LogP contribution in [0.25, 0.3) is 0 Å². The molecule has 0 saturated carbocycles. The summed E-state index contributed by atoms with van der Waals surface area (Å²) in [4.78, 5) is 24.0. The van der Waals surface area contributed by atoms with Crippen molar-refractivity contribution >= 4 is 17.6 Å². The van der Waals surface area contributed by atoms with Crippen molar-refractivity contribution in [1.29, 1.82) is 0 Å². The summed E-state index contributed by atoms with van der Waals surface area (Å²) in [5.74, 6) is -1.67. The van der Waals surface area contributed by atoms with E-state index in [1.165, 1.54) is 12.1 Å². The molecular formula is C19H17F4N5O4. The van der Waals surface area contributed by atoms with Gasteiger partial charge in [-0.3, -0.25) is 4.79 Å². The molecule has 2 aliphatic heterocycles. The first kappa shape index (κ1) is 21.7. The van der Waals surface area contributed by atoms with Crippen molar-refractivity contribution in [3.8, 4) is 5.88 Å². The maximum Gasteiger partial charge on any atom is 0.283 e. The Hall–Kier alpha value is -3.48. The van der Waals surface area contributed by atoms with Gasteiger partial charge in [-0.1, -0.05) is 0 Å². The zero-order valence-electron chi connectivity index (χ0n) is 16.4. The Bertz CT molecular complexity index is 1050. The normalized spacial score (nSPS) is 24.5. The van der Waals surface area contributed by atoms with E-state index in [9.17, 15) is 18.0 Å². The van der Waals surface area contributed by atoms with Crippen molar-refractivity contribution < 1.29 is 36.6 Å². The molecule has 32 heavy (non-hydrogen) atoms. The van der Waals surface area contributed by atoms with Crippen molar-refractivity contribution in [2.75, 3.05) is 31.7 Å². The molecule has 1 aromatic carbocycles. The summed E-state index contributed by atoms with van der Waals surface area (Å²) in [5.41, 5.74) is 1.49. The van der Waals surface area contributed by atoms with Crippen LogP contribution in [0.15, 0.2) is 35.6 Å². The Kier molecular flexibility index (Phi) is 5.59. The molecule has 0 spiro atoms. The molecule has 1 amide bonds. The maximum atomic E-state index is 15.5. The summed E-state index contributed by atoms with van der Waals surface area (Å²) in [6.07, 6.45) is -0.644. The van der Waals surface area contributed by atoms with E-state index in [2.05, 4.69) is 20.3 Å². The number of carbonyl (C=O) groups excluding carboxylic acids is 1. The summed E-state index contributed by atoms with van der Waals surface area (Å²) in [5, 5.41) is 2.49. The fourth-order valence-electron chi connectivity index (χ4n) is 3.46. The van der Waals surface area contributed by atoms with Crippen molar-refractivity contribution in [3.05, 3.63) is 47.7 Å². The highest BCUT2D eigenvalue weighted by atomic mass is 19.3. The van der Waals surface area contributed by atoms with Crippen LogP contribution in [0.1, 0.15) is 16.1 Å². The monoisotopic (exact) mass is 455 g/mol. The van der Waals surface area contributed by atoms with Crippen LogP contribution in [0.3, 0.4) is 0 Å². The summed E-state index contributed by atoms with van der Waals surface area (Å²) < 4.78 is 69.5. The van der Waals surface area contributed by atoms with E-state index in [0.29, 0.717) is 0 Å². The van der Waals surface area contributed by atoms with E-state index in [4.69, 9.17) is 19.9 Å². The maximum absolute atomic E-state index is 15.5. The minimum atomic E-state index is -2.68. The number of alkyl halides is 3. The number of benzene rings is 1. The number of nitrogens with one attached hydrogen (secondary N) is 1. The van der Waals surface area contributed by atoms with Gasteiger partial charge < -0.3 is 25.3 Å². The fourth-order valence-corrected chi connectivity index (χ4v) is 3.46. The fraction of sp³-hybridized carbons (Fsp3) is 0.368. The Morgan fingerprint density at radius 3 is 2.78 bits per heavy atom. The first-order valence-corrected chi connectivity index (χ1v) is 9.32. The molecule has 13 heteroatoms. The van der Waals surface area contributed by atoms with Gasteiger partial charge in [-0.25, -0.2) is 32.5 Å². The predicted molar refractivity (Wildman–Crippen MR) is 102 cm³/mol. The number of fused-ring (bicyclic) bond motifs is 1. The zero-order chi connectivity index (χ0) is 22.9. The lowest BCUT2D eigenvalue weighted by atomic mass is 9.78. The minimum absolute atomic E-state index is 0.120. The molecule has 3 N–H and O–H groups in total. The molecule has 0 aliphatic carbocycles. The summed E-state index contributed by atoms with van der Waals surface area (Å²) >= 11 is 0. The minimum Gasteiger partial charge on any atom is -0.470 e. The van der Waals surface area contributed by atoms with Crippen molar-refractivity contribution in [2.45, 2.75) is 17.6 Å². The van der Waals surface area contributed by atoms with E-state index in [1.54, 1.807) is 0 Å². The van der Waals surface area contributed by atoms with Crippen LogP contribution in [0.2, 0.25) is 0 Å². The molecule has 2 aromatic rings. The molecule has 2 atom stereocenters. The lowest BCUT2D eigenvalue weighted by molar-refractivity contribution is 0.00905. The Balaban J connectivity index is 1.57. The molecule has 1 fully saturated rings. The molecule has 1 aromatic heterocycles. The van der Waals surface area contributed by atoms with Crippen LogP contribution in [0.4, 0.5) is 23.2 Å². The van der Waals surface area contributed by atoms with Gasteiger partial charge in [0.15, 0.2) is 17.8 Å². The average molecular weight is 455 g/mol. The van der Waals surface area contributed by atoms with Crippen molar-refractivity contribution in [3.63, 3.8) is 0 Å². The number of hydrogen-bond acceptors (Lipinski definition) is 8. The first-order chi connectivity index (χ1) is 15.2. The van der Waals surface area contributed by atoms with Crippen molar-refractivity contribution in [1.82, 2.24) is 9.97 Å². The van der Waals surface area contributed by atoms with Gasteiger partial charge in [0.2, 0.25) is 5.88 Å². The molecule has 4 rings (SSSR count). The van der Waals surface area contributed by atoms with Gasteiger partial charge in [0, 0.05) is 11.3 Å². The van der Waals surface area contributed by atoms with E-state index >= 15 is 4.39 Å². The van der Waals surface area contributed by atoms with Crippen molar-refractivity contribution in [2.24, 2.45) is 10.7 Å². The molecule has 2 unspecified atom stereocenters. The van der Waals surface area contributed by atoms with Crippen LogP contribution < -0.4 is 15.8 Å². The molecule has 1 saturated heterocycles. The number of rotatable bonds is 6. The molecule has 0 bridgehead atoms. The number of nitrogens with two attached hydrogens (primary N) is 1. The van der Waals surface area contributed by atoms with Gasteiger partial charge in [0.05, 0.1) is 25.6 Å². The number of ether oxygens (including phenoxy) is 3. The smallest absolute Gasteiger partial charge is 0.283 e. The summed E-state index contributed by atoms with van der Waals surface area (Å²) in [6, 6.07) is 3.24. The predicted octanol–water partition coefficient (Wildman–Crippen LogP) is 1.79. The Labute approximate surface area is 178 Å². The second-order valence-electron chi connectivity index (χ2n) is 7.15. The van der Waals surface area contributed by atoms with E-state index in [1.807, 2.05) is 0 Å². The number of carbonyl (C=O) groups is 1. The van der Waals surface area contributed by atoms with Gasteiger partial charge in [0.1, 0.15) is 18.1 Å². The lowest BCUT2D eigenvalue weighted by Gasteiger charge is -2.38. The van der Waals surface area contributed by atoms with Gasteiger partial charge in [-0.05, 0) is 18.2 Å². The van der Waals surface area contributed by atoms with E-state index in [-0.39, 0.29) is 42.1 Å². The zero-order valence-corrected chi connectivity index (χ0v) is 16.4. The average Bonchev–Trinajstić information content (AvgIpc) is 3.11. The van der Waals surface area contributed by atoms with Gasteiger partial charge in [-0.15, -0.1) is 0 Å². The molecule has 0 radical (unpaired) electrons. The number of aromatic nitrogens is 2. The number of hydrogen-bond donors (Lipinski definition) is 2. The third kappa shape index (κ3) is 3.90. The number of amidine groups is 1. The largest absolute Gasteiger partial charge is 0.470 e. The molecule has 9 nitrogen and oxygen atoms in total. The highest BCUT2D eigenvalue weighted by Gasteiger charge is 2.62. The van der Waals surface area contributed by atoms with E-state index < -0.39 is 42.6 Å². The molecular weight excluding hydrogens is 438 g/mol. The number of amides is 1. The van der Waals surface area contributed by atoms with Crippen LogP contribution in [-0.2, 0) is 15.0 Å². The SMILES string of the molecule is NC1=NC2(c3cc(NC(=O)c4cnc(OCC(F)F)cn4)ccc3F)COCC2(F)CO1. The highest BCUT2D eigenvalue weighted by molar-refractivity contribution is 6.02. The number of aliphatic imine (C=N–C) groups is 1. The molecule has 170 valence electrons. The van der Waals surface area contributed by atoms with Crippen LogP contribution in [0, 0.1) is 5.82 Å². The quantitative estimate of drug-likeness (QED) is 0.637. The third-order valence-corrected chi connectivity index (χ3v) is 5.02. The number of anilines is 1. The van der Waals surface area contributed by atoms with Crippen LogP contribution in [-0.4, -0.2) is 60.4 Å².